The highest BCUT2D eigenvalue weighted by molar-refractivity contribution is 7.81. The van der Waals surface area contributed by atoms with Gasteiger partial charge in [0.05, 0.1) is 40.6 Å². The Hall–Kier alpha value is -4.69. The smallest absolute Gasteiger partial charge is 0.417 e. The molecule has 0 radical (unpaired) electrons. The fourth-order valence-electron chi connectivity index (χ4n) is 5.39. The van der Waals surface area contributed by atoms with E-state index in [-0.39, 0.29) is 41.0 Å². The highest BCUT2D eigenvalue weighted by Gasteiger charge is 2.51. The van der Waals surface area contributed by atoms with E-state index < -0.39 is 63.5 Å². The molecule has 5 rings (SSSR count). The van der Waals surface area contributed by atoms with Gasteiger partial charge in [-0.1, -0.05) is 0 Å². The van der Waals surface area contributed by atoms with Crippen molar-refractivity contribution in [1.29, 1.82) is 5.26 Å². The van der Waals surface area contributed by atoms with E-state index in [1.165, 1.54) is 43.0 Å². The van der Waals surface area contributed by atoms with Crippen LogP contribution < -0.4 is 25.2 Å². The summed E-state index contributed by atoms with van der Waals surface area (Å²) < 4.78 is 71.9. The van der Waals surface area contributed by atoms with Gasteiger partial charge in [-0.25, -0.2) is 14.0 Å². The molecule has 3 N–H and O–H groups in total. The third-order valence-corrected chi connectivity index (χ3v) is 8.94. The Bertz CT molecular complexity index is 1840. The van der Waals surface area contributed by atoms with Crippen LogP contribution in [0.3, 0.4) is 0 Å². The Morgan fingerprint density at radius 1 is 0.907 bits per heavy atom. The number of hydrogen-bond acceptors (Lipinski definition) is 9. The second-order valence-electron chi connectivity index (χ2n) is 16.0. The third-order valence-electron chi connectivity index (χ3n) is 8.57. The van der Waals surface area contributed by atoms with Gasteiger partial charge in [0.15, 0.2) is 16.7 Å². The van der Waals surface area contributed by atoms with Crippen molar-refractivity contribution in [2.75, 3.05) is 23.0 Å². The van der Waals surface area contributed by atoms with Crippen molar-refractivity contribution in [3.8, 4) is 11.8 Å². The quantitative estimate of drug-likeness (QED) is 0.187. The molecule has 3 amide bonds. The number of aliphatic hydroxyl groups excluding tert-OH is 1. The lowest BCUT2D eigenvalue weighted by Crippen LogP contribution is -2.44. The summed E-state index contributed by atoms with van der Waals surface area (Å²) in [4.78, 5) is 39.0. The minimum Gasteiger partial charge on any atom is -0.488 e. The van der Waals surface area contributed by atoms with E-state index in [2.05, 4.69) is 10.6 Å². The molecule has 0 bridgehead atoms. The molecule has 17 heteroatoms. The minimum atomic E-state index is -4.83. The maximum absolute atomic E-state index is 15.2. The van der Waals surface area contributed by atoms with Crippen molar-refractivity contribution in [3.63, 3.8) is 0 Å². The largest absolute Gasteiger partial charge is 0.488 e. The van der Waals surface area contributed by atoms with E-state index in [4.69, 9.17) is 36.8 Å². The summed E-state index contributed by atoms with van der Waals surface area (Å²) in [6, 6.07) is 8.31. The normalized spacial score (nSPS) is 18.1. The predicted molar refractivity (Wildman–Crippen MR) is 194 cm³/mol. The van der Waals surface area contributed by atoms with Gasteiger partial charge in [-0.2, -0.15) is 18.4 Å². The zero-order valence-corrected chi connectivity index (χ0v) is 32.2. The molecule has 294 valence electrons. The van der Waals surface area contributed by atoms with Crippen LogP contribution in [-0.2, 0) is 20.4 Å². The number of carbonyl (C=O) groups excluding carboxylic acids is 3. The van der Waals surface area contributed by atoms with Crippen LogP contribution >= 0.6 is 12.2 Å². The molecular formula is C37H45F4N5O7S. The molecule has 12 nitrogen and oxygen atoms in total. The average molecular weight is 780 g/mol. The van der Waals surface area contributed by atoms with Crippen molar-refractivity contribution < 1.29 is 51.3 Å². The summed E-state index contributed by atoms with van der Waals surface area (Å²) in [6.45, 7) is 13.7. The molecule has 3 aliphatic rings. The third kappa shape index (κ3) is 10.1. The average Bonchev–Trinajstić information content (AvgIpc) is 3.95. The first-order valence-corrected chi connectivity index (χ1v) is 17.5. The zero-order chi connectivity index (χ0) is 40.7. The fourth-order valence-corrected chi connectivity index (χ4v) is 5.91. The monoisotopic (exact) mass is 779 g/mol. The number of alkyl halides is 3. The Balaban J connectivity index is 0.000000422. The molecule has 1 heterocycles. The molecule has 2 aliphatic carbocycles. The summed E-state index contributed by atoms with van der Waals surface area (Å²) in [7, 11) is 0. The summed E-state index contributed by atoms with van der Waals surface area (Å²) in [5, 5.41) is 23.3. The second-order valence-corrected chi connectivity index (χ2v) is 16.4. The standard InChI is InChI=1S/C28H28F4N4O4S.C9H17NO3/c1-25(2,3)40-23(38)34-27(10-11-27)15-39-21-9-8-18(13-20(21)29)36-24(41)35(22(37)26(36,4)5)17-7-6-16(14-33)19(12-17)28(30,31)32;1-8(2,3)13-7(12)10-9(6-11)4-5-9/h6-9,12-13H,10-11,15H2,1-5H3,(H,34,38);11H,4-6H2,1-3H3,(H,10,12). The van der Waals surface area contributed by atoms with Crippen LogP contribution in [0.4, 0.5) is 38.5 Å². The van der Waals surface area contributed by atoms with Gasteiger partial charge in [-0.3, -0.25) is 9.69 Å². The predicted octanol–water partition coefficient (Wildman–Crippen LogP) is 7.10. The fraction of sp³-hybridized carbons (Fsp3) is 0.541. The van der Waals surface area contributed by atoms with E-state index in [0.29, 0.717) is 18.9 Å². The lowest BCUT2D eigenvalue weighted by Gasteiger charge is -2.29. The molecule has 0 aromatic heterocycles. The molecule has 1 aliphatic heterocycles. The maximum Gasteiger partial charge on any atom is 0.417 e. The number of carbonyl (C=O) groups is 3. The van der Waals surface area contributed by atoms with Crippen LogP contribution in [0.1, 0.15) is 92.2 Å². The summed E-state index contributed by atoms with van der Waals surface area (Å²) in [5.41, 5.74) is -5.38. The number of hydrogen-bond donors (Lipinski definition) is 3. The lowest BCUT2D eigenvalue weighted by atomic mass is 10.0. The molecule has 1 saturated heterocycles. The van der Waals surface area contributed by atoms with Gasteiger partial charge < -0.3 is 34.9 Å². The lowest BCUT2D eigenvalue weighted by molar-refractivity contribution is -0.137. The first-order valence-electron chi connectivity index (χ1n) is 17.1. The molecule has 0 unspecified atom stereocenters. The van der Waals surface area contributed by atoms with Crippen molar-refractivity contribution in [2.45, 2.75) is 115 Å². The van der Waals surface area contributed by atoms with Crippen LogP contribution in [0.25, 0.3) is 0 Å². The number of ether oxygens (including phenoxy) is 3. The Morgan fingerprint density at radius 3 is 1.87 bits per heavy atom. The van der Waals surface area contributed by atoms with Gasteiger partial charge in [0.25, 0.3) is 5.91 Å². The molecular weight excluding hydrogens is 734 g/mol. The number of nitrogens with zero attached hydrogens (tertiary/aromatic N) is 3. The van der Waals surface area contributed by atoms with E-state index in [1.807, 2.05) is 20.8 Å². The van der Waals surface area contributed by atoms with Gasteiger partial charge in [0.1, 0.15) is 23.3 Å². The molecule has 2 aromatic rings. The molecule has 0 spiro atoms. The summed E-state index contributed by atoms with van der Waals surface area (Å²) in [5.74, 6) is -1.50. The van der Waals surface area contributed by atoms with Crippen LogP contribution in [0, 0.1) is 17.1 Å². The Labute approximate surface area is 316 Å². The SMILES string of the molecule is CC(C)(C)OC(=O)NC1(CO)CC1.CC(C)(C)OC(=O)NC1(COc2ccc(N3C(=S)N(c4ccc(C#N)c(C(F)(F)F)c4)C(=O)C3(C)C)cc2F)CC1. The number of halogens is 4. The maximum atomic E-state index is 15.2. The Morgan fingerprint density at radius 2 is 1.43 bits per heavy atom. The van der Waals surface area contributed by atoms with Crippen molar-refractivity contribution in [1.82, 2.24) is 10.6 Å². The first-order chi connectivity index (χ1) is 24.8. The van der Waals surface area contributed by atoms with Crippen LogP contribution in [0.5, 0.6) is 5.75 Å². The van der Waals surface area contributed by atoms with Crippen LogP contribution in [0.2, 0.25) is 0 Å². The van der Waals surface area contributed by atoms with E-state index >= 15 is 4.39 Å². The van der Waals surface area contributed by atoms with Crippen LogP contribution in [-0.4, -0.2) is 69.3 Å². The summed E-state index contributed by atoms with van der Waals surface area (Å²) in [6.07, 6.45) is -2.94. The van der Waals surface area contributed by atoms with E-state index in [9.17, 15) is 27.6 Å². The number of rotatable bonds is 8. The van der Waals surface area contributed by atoms with Gasteiger partial charge in [0.2, 0.25) is 0 Å². The number of anilines is 2. The van der Waals surface area contributed by atoms with E-state index in [1.54, 1.807) is 20.8 Å². The topological polar surface area (TPSA) is 153 Å². The van der Waals surface area contributed by atoms with Crippen molar-refractivity contribution >= 4 is 46.8 Å². The molecule has 54 heavy (non-hydrogen) atoms. The molecule has 2 aromatic carbocycles. The minimum absolute atomic E-state index is 0.00260. The number of amides is 3. The van der Waals surface area contributed by atoms with Gasteiger partial charge >= 0.3 is 18.4 Å². The number of nitriles is 1. The first kappa shape index (κ1) is 42.1. The number of aliphatic hydroxyl groups is 1. The van der Waals surface area contributed by atoms with Gasteiger partial charge in [-0.05, 0) is 124 Å². The Kier molecular flexibility index (Phi) is 11.6. The van der Waals surface area contributed by atoms with Gasteiger partial charge in [0, 0.05) is 11.8 Å². The van der Waals surface area contributed by atoms with Gasteiger partial charge in [-0.15, -0.1) is 0 Å². The number of thiocarbonyl (C=S) groups is 1. The number of nitrogens with one attached hydrogen (secondary N) is 2. The number of alkyl carbamates (subject to hydrolysis) is 2. The molecule has 3 fully saturated rings. The zero-order valence-electron chi connectivity index (χ0n) is 31.4. The second kappa shape index (κ2) is 14.9. The molecule has 0 atom stereocenters. The van der Waals surface area contributed by atoms with Crippen molar-refractivity contribution in [3.05, 3.63) is 53.3 Å². The highest BCUT2D eigenvalue weighted by Crippen LogP contribution is 2.41. The number of benzene rings is 2. The summed E-state index contributed by atoms with van der Waals surface area (Å²) >= 11 is 5.49. The van der Waals surface area contributed by atoms with Crippen molar-refractivity contribution in [2.24, 2.45) is 0 Å². The molecule has 2 saturated carbocycles. The van der Waals surface area contributed by atoms with E-state index in [0.717, 1.165) is 29.9 Å². The highest BCUT2D eigenvalue weighted by atomic mass is 32.1. The van der Waals surface area contributed by atoms with Crippen LogP contribution in [0.15, 0.2) is 36.4 Å².